The van der Waals surface area contributed by atoms with E-state index in [2.05, 4.69) is 6.92 Å². The van der Waals surface area contributed by atoms with Crippen molar-refractivity contribution in [2.24, 2.45) is 0 Å². The van der Waals surface area contributed by atoms with Gasteiger partial charge in [-0.1, -0.05) is 103 Å². The van der Waals surface area contributed by atoms with Crippen molar-refractivity contribution in [2.45, 2.75) is 140 Å². The molecule has 0 bridgehead atoms. The average molecular weight is 443 g/mol. The van der Waals surface area contributed by atoms with Crippen molar-refractivity contribution in [1.82, 2.24) is 0 Å². The van der Waals surface area contributed by atoms with E-state index in [1.165, 1.54) is 96.3 Å². The van der Waals surface area contributed by atoms with Gasteiger partial charge in [-0.05, 0) is 18.9 Å². The maximum atomic E-state index is 10.0. The topological polar surface area (TPSA) is 79.2 Å². The molecule has 1 saturated heterocycles. The fraction of sp³-hybridized carbons (Fsp3) is 0.923. The minimum absolute atomic E-state index is 0.0694. The molecule has 5 nitrogen and oxygen atoms in total. The van der Waals surface area contributed by atoms with Crippen LogP contribution in [-0.2, 0) is 9.47 Å². The number of aliphatic hydroxyl groups is 3. The highest BCUT2D eigenvalue weighted by molar-refractivity contribution is 4.89. The highest BCUT2D eigenvalue weighted by Crippen LogP contribution is 2.19. The molecule has 0 spiro atoms. The van der Waals surface area contributed by atoms with Gasteiger partial charge in [0.1, 0.15) is 18.3 Å². The van der Waals surface area contributed by atoms with Crippen LogP contribution in [0.4, 0.5) is 0 Å². The normalized spacial score (nSPS) is 24.1. The number of rotatable bonds is 20. The van der Waals surface area contributed by atoms with E-state index in [0.717, 1.165) is 12.8 Å². The lowest BCUT2D eigenvalue weighted by molar-refractivity contribution is -0.197. The number of ether oxygens (including phenoxy) is 2. The van der Waals surface area contributed by atoms with Gasteiger partial charge in [-0.2, -0.15) is 0 Å². The number of allylic oxidation sites excluding steroid dienone is 1. The SMILES string of the molecule is CCCCCCCCCCCCCCCCCC/C=C/O[C@H]1[C@H](O)[C@@H](CO)OC[C@@H]1O. The van der Waals surface area contributed by atoms with Gasteiger partial charge in [-0.15, -0.1) is 0 Å². The molecule has 0 radical (unpaired) electrons. The molecule has 184 valence electrons. The number of hydrogen-bond acceptors (Lipinski definition) is 5. The summed E-state index contributed by atoms with van der Waals surface area (Å²) >= 11 is 0. The third-order valence-corrected chi connectivity index (χ3v) is 6.31. The maximum Gasteiger partial charge on any atom is 0.154 e. The van der Waals surface area contributed by atoms with Gasteiger partial charge in [0.25, 0.3) is 0 Å². The van der Waals surface area contributed by atoms with Crippen LogP contribution in [0.3, 0.4) is 0 Å². The van der Waals surface area contributed by atoms with Crippen LogP contribution in [0.15, 0.2) is 12.3 Å². The van der Waals surface area contributed by atoms with E-state index in [-0.39, 0.29) is 13.2 Å². The molecule has 4 atom stereocenters. The first-order valence-corrected chi connectivity index (χ1v) is 13.1. The Morgan fingerprint density at radius 2 is 1.26 bits per heavy atom. The van der Waals surface area contributed by atoms with Gasteiger partial charge in [-0.3, -0.25) is 0 Å². The zero-order valence-corrected chi connectivity index (χ0v) is 20.1. The lowest BCUT2D eigenvalue weighted by Gasteiger charge is -2.36. The summed E-state index contributed by atoms with van der Waals surface area (Å²) in [6, 6.07) is 0. The molecule has 0 unspecified atom stereocenters. The summed E-state index contributed by atoms with van der Waals surface area (Å²) in [5, 5.41) is 29.1. The third kappa shape index (κ3) is 14.2. The van der Waals surface area contributed by atoms with Gasteiger partial charge in [0.2, 0.25) is 0 Å². The molecule has 1 fully saturated rings. The van der Waals surface area contributed by atoms with Crippen LogP contribution in [0, 0.1) is 0 Å². The lowest BCUT2D eigenvalue weighted by atomic mass is 10.0. The van der Waals surface area contributed by atoms with Gasteiger partial charge >= 0.3 is 0 Å². The van der Waals surface area contributed by atoms with Crippen LogP contribution >= 0.6 is 0 Å². The second-order valence-electron chi connectivity index (χ2n) is 9.18. The third-order valence-electron chi connectivity index (χ3n) is 6.31. The van der Waals surface area contributed by atoms with Gasteiger partial charge in [-0.25, -0.2) is 0 Å². The van der Waals surface area contributed by atoms with Crippen LogP contribution in [0.1, 0.15) is 116 Å². The Hall–Kier alpha value is -0.620. The predicted octanol–water partition coefficient (Wildman–Crippen LogP) is 5.65. The van der Waals surface area contributed by atoms with Gasteiger partial charge in [0.15, 0.2) is 6.10 Å². The molecule has 0 saturated carbocycles. The molecule has 0 aliphatic carbocycles. The van der Waals surface area contributed by atoms with Crippen molar-refractivity contribution in [3.63, 3.8) is 0 Å². The highest BCUT2D eigenvalue weighted by Gasteiger charge is 2.39. The Morgan fingerprint density at radius 1 is 0.774 bits per heavy atom. The van der Waals surface area contributed by atoms with E-state index in [0.29, 0.717) is 0 Å². The fourth-order valence-corrected chi connectivity index (χ4v) is 4.21. The first kappa shape index (κ1) is 28.4. The molecule has 31 heavy (non-hydrogen) atoms. The van der Waals surface area contributed by atoms with Gasteiger partial charge < -0.3 is 24.8 Å². The zero-order chi connectivity index (χ0) is 22.6. The molecule has 1 aliphatic heterocycles. The van der Waals surface area contributed by atoms with Crippen molar-refractivity contribution in [3.05, 3.63) is 12.3 Å². The number of unbranched alkanes of at least 4 members (excludes halogenated alkanes) is 16. The molecule has 5 heteroatoms. The van der Waals surface area contributed by atoms with Gasteiger partial charge in [0.05, 0.1) is 19.5 Å². The Balaban J connectivity index is 1.84. The van der Waals surface area contributed by atoms with Crippen molar-refractivity contribution >= 4 is 0 Å². The van der Waals surface area contributed by atoms with Crippen molar-refractivity contribution in [1.29, 1.82) is 0 Å². The van der Waals surface area contributed by atoms with Crippen LogP contribution in [0.5, 0.6) is 0 Å². The van der Waals surface area contributed by atoms with E-state index >= 15 is 0 Å². The van der Waals surface area contributed by atoms with Crippen LogP contribution in [0.25, 0.3) is 0 Å². The van der Waals surface area contributed by atoms with Crippen LogP contribution in [-0.4, -0.2) is 52.9 Å². The van der Waals surface area contributed by atoms with Crippen molar-refractivity contribution < 1.29 is 24.8 Å². The van der Waals surface area contributed by atoms with Crippen LogP contribution in [0.2, 0.25) is 0 Å². The van der Waals surface area contributed by atoms with E-state index in [1.807, 2.05) is 6.08 Å². The van der Waals surface area contributed by atoms with E-state index in [9.17, 15) is 10.2 Å². The quantitative estimate of drug-likeness (QED) is 0.168. The summed E-state index contributed by atoms with van der Waals surface area (Å²) in [6.07, 6.45) is 23.0. The second kappa shape index (κ2) is 20.0. The Kier molecular flexibility index (Phi) is 18.3. The Morgan fingerprint density at radius 3 is 1.74 bits per heavy atom. The summed E-state index contributed by atoms with van der Waals surface area (Å²) in [6.45, 7) is 2.06. The monoisotopic (exact) mass is 442 g/mol. The molecule has 0 aromatic carbocycles. The molecule has 1 rings (SSSR count). The Bertz CT molecular complexity index is 415. The lowest BCUT2D eigenvalue weighted by Crippen LogP contribution is -2.54. The van der Waals surface area contributed by atoms with Crippen molar-refractivity contribution in [3.8, 4) is 0 Å². The van der Waals surface area contributed by atoms with E-state index < -0.39 is 24.4 Å². The summed E-state index contributed by atoms with van der Waals surface area (Å²) in [4.78, 5) is 0. The Labute approximate surface area is 191 Å². The molecule has 1 aliphatic rings. The van der Waals surface area contributed by atoms with Gasteiger partial charge in [0, 0.05) is 0 Å². The summed E-state index contributed by atoms with van der Waals surface area (Å²) in [7, 11) is 0. The second-order valence-corrected chi connectivity index (χ2v) is 9.18. The summed E-state index contributed by atoms with van der Waals surface area (Å²) < 4.78 is 10.7. The molecule has 0 aromatic rings. The summed E-state index contributed by atoms with van der Waals surface area (Å²) in [5.41, 5.74) is 0. The molecule has 0 aromatic heterocycles. The molecule has 0 amide bonds. The molecular weight excluding hydrogens is 392 g/mol. The maximum absolute atomic E-state index is 10.0. The predicted molar refractivity (Wildman–Crippen MR) is 127 cm³/mol. The minimum Gasteiger partial charge on any atom is -0.493 e. The molecular formula is C26H50O5. The largest absolute Gasteiger partial charge is 0.493 e. The number of aliphatic hydroxyl groups excluding tert-OH is 3. The van der Waals surface area contributed by atoms with Crippen LogP contribution < -0.4 is 0 Å². The molecule has 1 heterocycles. The van der Waals surface area contributed by atoms with Crippen molar-refractivity contribution in [2.75, 3.05) is 13.2 Å². The minimum atomic E-state index is -1.02. The smallest absolute Gasteiger partial charge is 0.154 e. The standard InChI is InChI=1S/C26H50O5/c1-2-3-4-5-6-7-8-9-10-11-12-13-14-15-16-17-18-19-20-30-26-23(28)22-31-24(21-27)25(26)29/h19-20,23-29H,2-18,21-22H2,1H3/b20-19+/t23-,24+,25+,26+/m0/s1. The molecule has 3 N–H and O–H groups in total. The fourth-order valence-electron chi connectivity index (χ4n) is 4.21. The van der Waals surface area contributed by atoms with E-state index in [1.54, 1.807) is 6.26 Å². The summed E-state index contributed by atoms with van der Waals surface area (Å²) in [5.74, 6) is 0. The van der Waals surface area contributed by atoms with E-state index in [4.69, 9.17) is 14.6 Å². The highest BCUT2D eigenvalue weighted by atomic mass is 16.6. The zero-order valence-electron chi connectivity index (χ0n) is 20.1. The first-order chi connectivity index (χ1) is 15.2. The number of hydrogen-bond donors (Lipinski definition) is 3. The average Bonchev–Trinajstić information content (AvgIpc) is 2.77. The first-order valence-electron chi connectivity index (χ1n) is 13.1.